The Balaban J connectivity index is 1.96. The SMILES string of the molecule is O=C1CCC2CC(S(O)(O)c3ccccc3)C1=N2. The topological polar surface area (TPSA) is 69.9 Å². The second-order valence-electron chi connectivity index (χ2n) is 4.76. The molecule has 0 saturated heterocycles. The number of benzene rings is 1. The second-order valence-corrected chi connectivity index (χ2v) is 6.99. The lowest BCUT2D eigenvalue weighted by Crippen LogP contribution is -2.29. The average molecular weight is 265 g/mol. The first-order valence-corrected chi connectivity index (χ1v) is 7.63. The minimum atomic E-state index is -2.98. The average Bonchev–Trinajstić information content (AvgIpc) is 2.75. The fourth-order valence-corrected chi connectivity index (χ4v) is 4.51. The molecule has 2 heterocycles. The van der Waals surface area contributed by atoms with E-state index in [0.29, 0.717) is 23.4 Å². The van der Waals surface area contributed by atoms with Gasteiger partial charge in [0.2, 0.25) is 0 Å². The van der Waals surface area contributed by atoms with Crippen molar-refractivity contribution in [1.82, 2.24) is 0 Å². The first kappa shape index (κ1) is 11.9. The summed E-state index contributed by atoms with van der Waals surface area (Å²) in [6, 6.07) is 8.86. The van der Waals surface area contributed by atoms with Crippen LogP contribution in [0.15, 0.2) is 40.2 Å². The summed E-state index contributed by atoms with van der Waals surface area (Å²) in [4.78, 5) is 16.6. The molecular formula is C13H15NO3S. The van der Waals surface area contributed by atoms with Crippen LogP contribution in [0.5, 0.6) is 0 Å². The number of carbonyl (C=O) groups is 1. The number of carbonyl (C=O) groups excluding carboxylic acids is 1. The van der Waals surface area contributed by atoms with E-state index in [4.69, 9.17) is 0 Å². The third-order valence-corrected chi connectivity index (χ3v) is 5.77. The van der Waals surface area contributed by atoms with Crippen molar-refractivity contribution >= 4 is 22.1 Å². The van der Waals surface area contributed by atoms with Gasteiger partial charge in [-0.25, -0.2) is 0 Å². The van der Waals surface area contributed by atoms with Crippen LogP contribution in [0.2, 0.25) is 0 Å². The standard InChI is InChI=1S/C13H15NO3S/c15-11-7-6-9-8-12(13(11)14-9)18(16,17)10-4-2-1-3-5-10/h1-5,9,12,16-17H,6-8H2. The van der Waals surface area contributed by atoms with Crippen LogP contribution in [0.25, 0.3) is 0 Å². The van der Waals surface area contributed by atoms with E-state index in [1.54, 1.807) is 24.3 Å². The molecule has 0 aliphatic carbocycles. The molecule has 0 amide bonds. The molecule has 2 unspecified atom stereocenters. The predicted octanol–water partition coefficient (Wildman–Crippen LogP) is 2.74. The highest BCUT2D eigenvalue weighted by atomic mass is 32.3. The molecule has 2 bridgehead atoms. The van der Waals surface area contributed by atoms with Crippen LogP contribution in [0, 0.1) is 0 Å². The normalized spacial score (nSPS) is 28.1. The zero-order valence-electron chi connectivity index (χ0n) is 9.82. The molecule has 0 aromatic heterocycles. The van der Waals surface area contributed by atoms with Gasteiger partial charge in [-0.3, -0.25) is 18.9 Å². The summed E-state index contributed by atoms with van der Waals surface area (Å²) in [5.74, 6) is -0.0235. The molecule has 0 radical (unpaired) electrons. The van der Waals surface area contributed by atoms with Crippen LogP contribution in [0.3, 0.4) is 0 Å². The van der Waals surface area contributed by atoms with Gasteiger partial charge in [0.15, 0.2) is 5.78 Å². The maximum absolute atomic E-state index is 11.8. The van der Waals surface area contributed by atoms with Gasteiger partial charge in [-0.15, -0.1) is 0 Å². The number of hydrogen-bond acceptors (Lipinski definition) is 4. The van der Waals surface area contributed by atoms with Gasteiger partial charge < -0.3 is 0 Å². The number of aliphatic imine (C=N–C) groups is 1. The lowest BCUT2D eigenvalue weighted by atomic mass is 10.1. The highest BCUT2D eigenvalue weighted by molar-refractivity contribution is 8.25. The van der Waals surface area contributed by atoms with E-state index >= 15 is 0 Å². The third kappa shape index (κ3) is 1.79. The van der Waals surface area contributed by atoms with Crippen molar-refractivity contribution in [1.29, 1.82) is 0 Å². The van der Waals surface area contributed by atoms with Crippen LogP contribution < -0.4 is 0 Å². The van der Waals surface area contributed by atoms with E-state index in [9.17, 15) is 13.9 Å². The van der Waals surface area contributed by atoms with Gasteiger partial charge in [0.25, 0.3) is 0 Å². The summed E-state index contributed by atoms with van der Waals surface area (Å²) < 4.78 is 20.9. The fourth-order valence-electron chi connectivity index (χ4n) is 2.63. The molecule has 5 heteroatoms. The molecule has 2 aliphatic heterocycles. The van der Waals surface area contributed by atoms with Crippen LogP contribution in [0.1, 0.15) is 19.3 Å². The van der Waals surface area contributed by atoms with Crippen LogP contribution in [0.4, 0.5) is 0 Å². The Morgan fingerprint density at radius 3 is 2.67 bits per heavy atom. The number of ketones is 1. The highest BCUT2D eigenvalue weighted by Crippen LogP contribution is 2.56. The first-order chi connectivity index (χ1) is 8.59. The molecule has 2 aliphatic rings. The predicted molar refractivity (Wildman–Crippen MR) is 71.4 cm³/mol. The lowest BCUT2D eigenvalue weighted by Gasteiger charge is -2.38. The zero-order valence-corrected chi connectivity index (χ0v) is 10.6. The third-order valence-electron chi connectivity index (χ3n) is 3.59. The van der Waals surface area contributed by atoms with E-state index in [-0.39, 0.29) is 11.8 Å². The van der Waals surface area contributed by atoms with E-state index in [1.165, 1.54) is 0 Å². The van der Waals surface area contributed by atoms with Gasteiger partial charge in [0.05, 0.1) is 10.9 Å². The molecule has 0 saturated carbocycles. The monoisotopic (exact) mass is 265 g/mol. The molecule has 1 aromatic carbocycles. The number of hydrogen-bond donors (Lipinski definition) is 2. The van der Waals surface area contributed by atoms with Gasteiger partial charge in [-0.2, -0.15) is 10.6 Å². The largest absolute Gasteiger partial charge is 0.294 e. The van der Waals surface area contributed by atoms with Gasteiger partial charge in [-0.05, 0) is 25.0 Å². The summed E-state index contributed by atoms with van der Waals surface area (Å²) in [5, 5.41) is -0.514. The molecule has 0 fully saturated rings. The molecule has 4 nitrogen and oxygen atoms in total. The molecule has 18 heavy (non-hydrogen) atoms. The Labute approximate surface area is 107 Å². The van der Waals surface area contributed by atoms with Gasteiger partial charge in [-0.1, -0.05) is 18.2 Å². The van der Waals surface area contributed by atoms with E-state index in [0.717, 1.165) is 6.42 Å². The van der Waals surface area contributed by atoms with Crippen molar-refractivity contribution in [2.24, 2.45) is 4.99 Å². The molecule has 96 valence electrons. The Bertz CT molecular complexity index is 512. The Hall–Kier alpha value is -1.17. The zero-order chi connectivity index (χ0) is 12.8. The number of Topliss-reactive ketones (excluding diaryl/α,β-unsaturated/α-hetero) is 1. The fraction of sp³-hybridized carbons (Fsp3) is 0.385. The van der Waals surface area contributed by atoms with E-state index in [1.807, 2.05) is 6.07 Å². The van der Waals surface area contributed by atoms with Crippen LogP contribution in [-0.2, 0) is 4.79 Å². The summed E-state index contributed by atoms with van der Waals surface area (Å²) >= 11 is 0. The number of fused-ring (bicyclic) bond motifs is 1. The van der Waals surface area contributed by atoms with Crippen molar-refractivity contribution in [3.8, 4) is 0 Å². The number of rotatable bonds is 2. The lowest BCUT2D eigenvalue weighted by molar-refractivity contribution is -0.113. The summed E-state index contributed by atoms with van der Waals surface area (Å²) in [6.45, 7) is 0. The minimum absolute atomic E-state index is 0.0235. The maximum Gasteiger partial charge on any atom is 0.178 e. The van der Waals surface area contributed by atoms with E-state index < -0.39 is 15.8 Å². The highest BCUT2D eigenvalue weighted by Gasteiger charge is 2.44. The quantitative estimate of drug-likeness (QED) is 0.863. The van der Waals surface area contributed by atoms with Gasteiger partial charge in [0.1, 0.15) is 11.0 Å². The molecule has 2 N–H and O–H groups in total. The summed E-state index contributed by atoms with van der Waals surface area (Å²) in [7, 11) is -2.98. The molecule has 1 aromatic rings. The molecule has 3 rings (SSSR count). The Morgan fingerprint density at radius 1 is 1.22 bits per heavy atom. The van der Waals surface area contributed by atoms with E-state index in [2.05, 4.69) is 4.99 Å². The second kappa shape index (κ2) is 4.19. The molecular weight excluding hydrogens is 250 g/mol. The Kier molecular flexibility index (Phi) is 2.77. The van der Waals surface area contributed by atoms with Crippen molar-refractivity contribution in [2.45, 2.75) is 35.4 Å². The van der Waals surface area contributed by atoms with Gasteiger partial charge in [0, 0.05) is 6.42 Å². The van der Waals surface area contributed by atoms with Crippen molar-refractivity contribution in [3.63, 3.8) is 0 Å². The molecule has 0 spiro atoms. The van der Waals surface area contributed by atoms with Crippen LogP contribution in [-0.4, -0.2) is 31.9 Å². The first-order valence-electron chi connectivity index (χ1n) is 6.02. The minimum Gasteiger partial charge on any atom is -0.294 e. The summed E-state index contributed by atoms with van der Waals surface area (Å²) in [5.41, 5.74) is 0.398. The smallest absolute Gasteiger partial charge is 0.178 e. The van der Waals surface area contributed by atoms with Crippen molar-refractivity contribution in [3.05, 3.63) is 30.3 Å². The maximum atomic E-state index is 11.8. The van der Waals surface area contributed by atoms with Crippen molar-refractivity contribution < 1.29 is 13.9 Å². The van der Waals surface area contributed by atoms with Crippen LogP contribution >= 0.6 is 10.6 Å². The van der Waals surface area contributed by atoms with Crippen molar-refractivity contribution in [2.75, 3.05) is 0 Å². The number of nitrogens with zero attached hydrogens (tertiary/aromatic N) is 1. The Morgan fingerprint density at radius 2 is 1.94 bits per heavy atom. The summed E-state index contributed by atoms with van der Waals surface area (Å²) in [6.07, 6.45) is 1.81. The van der Waals surface area contributed by atoms with Gasteiger partial charge >= 0.3 is 0 Å². The molecule has 2 atom stereocenters.